The minimum atomic E-state index is 0.519. The van der Waals surface area contributed by atoms with Crippen molar-refractivity contribution in [2.45, 2.75) is 58.3 Å². The fourth-order valence-corrected chi connectivity index (χ4v) is 3.37. The van der Waals surface area contributed by atoms with Gasteiger partial charge in [-0.2, -0.15) is 11.8 Å². The van der Waals surface area contributed by atoms with Crippen molar-refractivity contribution in [1.82, 2.24) is 0 Å². The van der Waals surface area contributed by atoms with Gasteiger partial charge in [0, 0.05) is 0 Å². The van der Waals surface area contributed by atoms with Crippen LogP contribution in [0.1, 0.15) is 58.3 Å². The zero-order chi connectivity index (χ0) is 11.0. The molecule has 1 aliphatic carbocycles. The Morgan fingerprint density at radius 2 is 1.80 bits per heavy atom. The molecule has 0 atom stereocenters. The number of hydrogen-bond acceptors (Lipinski definition) is 2. The summed E-state index contributed by atoms with van der Waals surface area (Å²) in [6.45, 7) is 3.17. The molecule has 1 fully saturated rings. The first-order valence-corrected chi connectivity index (χ1v) is 7.76. The van der Waals surface area contributed by atoms with Crippen LogP contribution in [-0.4, -0.2) is 18.1 Å². The molecule has 1 aliphatic rings. The highest BCUT2D eigenvalue weighted by Crippen LogP contribution is 2.38. The second-order valence-corrected chi connectivity index (χ2v) is 6.31. The SMILES string of the molecule is CCSCCCC1(CN)CCCCCC1. The molecule has 1 nitrogen and oxygen atoms in total. The van der Waals surface area contributed by atoms with Crippen molar-refractivity contribution >= 4 is 11.8 Å². The van der Waals surface area contributed by atoms with Gasteiger partial charge in [0.2, 0.25) is 0 Å². The van der Waals surface area contributed by atoms with E-state index in [0.29, 0.717) is 5.41 Å². The van der Waals surface area contributed by atoms with E-state index in [9.17, 15) is 0 Å². The zero-order valence-electron chi connectivity index (χ0n) is 10.3. The molecule has 0 spiro atoms. The van der Waals surface area contributed by atoms with Crippen molar-refractivity contribution in [2.75, 3.05) is 18.1 Å². The molecule has 0 amide bonds. The van der Waals surface area contributed by atoms with Gasteiger partial charge in [-0.3, -0.25) is 0 Å². The van der Waals surface area contributed by atoms with Crippen molar-refractivity contribution < 1.29 is 0 Å². The highest BCUT2D eigenvalue weighted by atomic mass is 32.2. The first-order chi connectivity index (χ1) is 7.33. The summed E-state index contributed by atoms with van der Waals surface area (Å²) >= 11 is 2.07. The number of thioether (sulfide) groups is 1. The molecule has 0 heterocycles. The summed E-state index contributed by atoms with van der Waals surface area (Å²) in [6, 6.07) is 0. The Balaban J connectivity index is 2.29. The normalized spacial score (nSPS) is 21.2. The Morgan fingerprint density at radius 1 is 1.13 bits per heavy atom. The summed E-state index contributed by atoms with van der Waals surface area (Å²) in [4.78, 5) is 0. The molecule has 0 saturated heterocycles. The Morgan fingerprint density at radius 3 is 2.33 bits per heavy atom. The van der Waals surface area contributed by atoms with Crippen molar-refractivity contribution in [3.63, 3.8) is 0 Å². The Hall–Kier alpha value is 0.310. The molecule has 0 unspecified atom stereocenters. The quantitative estimate of drug-likeness (QED) is 0.553. The minimum absolute atomic E-state index is 0.519. The van der Waals surface area contributed by atoms with Crippen LogP contribution in [0, 0.1) is 5.41 Å². The summed E-state index contributed by atoms with van der Waals surface area (Å²) in [5.41, 5.74) is 6.53. The van der Waals surface area contributed by atoms with E-state index in [-0.39, 0.29) is 0 Å². The molecule has 0 aromatic carbocycles. The highest BCUT2D eigenvalue weighted by molar-refractivity contribution is 7.99. The van der Waals surface area contributed by atoms with Crippen molar-refractivity contribution in [1.29, 1.82) is 0 Å². The average Bonchev–Trinajstić information content (AvgIpc) is 2.51. The topological polar surface area (TPSA) is 26.0 Å². The number of rotatable bonds is 6. The monoisotopic (exact) mass is 229 g/mol. The Kier molecular flexibility index (Phi) is 6.74. The average molecular weight is 229 g/mol. The van der Waals surface area contributed by atoms with Crippen LogP contribution in [0.5, 0.6) is 0 Å². The third-order valence-corrected chi connectivity index (χ3v) is 4.78. The molecular weight excluding hydrogens is 202 g/mol. The smallest absolute Gasteiger partial charge is 0.00205 e. The van der Waals surface area contributed by atoms with Crippen LogP contribution in [-0.2, 0) is 0 Å². The zero-order valence-corrected chi connectivity index (χ0v) is 11.1. The van der Waals surface area contributed by atoms with Crippen LogP contribution in [0.2, 0.25) is 0 Å². The maximum absolute atomic E-state index is 6.02. The van der Waals surface area contributed by atoms with Crippen LogP contribution in [0.25, 0.3) is 0 Å². The van der Waals surface area contributed by atoms with Crippen LogP contribution in [0.4, 0.5) is 0 Å². The van der Waals surface area contributed by atoms with E-state index in [4.69, 9.17) is 5.73 Å². The lowest BCUT2D eigenvalue weighted by molar-refractivity contribution is 0.231. The predicted molar refractivity (Wildman–Crippen MR) is 71.4 cm³/mol. The van der Waals surface area contributed by atoms with Gasteiger partial charge in [-0.15, -0.1) is 0 Å². The third kappa shape index (κ3) is 4.78. The van der Waals surface area contributed by atoms with Gasteiger partial charge in [-0.1, -0.05) is 32.6 Å². The van der Waals surface area contributed by atoms with Crippen molar-refractivity contribution in [3.05, 3.63) is 0 Å². The lowest BCUT2D eigenvalue weighted by Crippen LogP contribution is -2.30. The highest BCUT2D eigenvalue weighted by Gasteiger charge is 2.28. The first-order valence-electron chi connectivity index (χ1n) is 6.61. The molecule has 2 heteroatoms. The molecule has 90 valence electrons. The fourth-order valence-electron chi connectivity index (χ4n) is 2.73. The third-order valence-electron chi connectivity index (χ3n) is 3.80. The van der Waals surface area contributed by atoms with Gasteiger partial charge in [0.25, 0.3) is 0 Å². The van der Waals surface area contributed by atoms with E-state index in [1.165, 1.54) is 62.9 Å². The van der Waals surface area contributed by atoms with E-state index in [2.05, 4.69) is 18.7 Å². The van der Waals surface area contributed by atoms with Gasteiger partial charge < -0.3 is 5.73 Å². The molecule has 2 N–H and O–H groups in total. The first kappa shape index (κ1) is 13.4. The molecule has 0 bridgehead atoms. The van der Waals surface area contributed by atoms with Crippen LogP contribution >= 0.6 is 11.8 Å². The summed E-state index contributed by atoms with van der Waals surface area (Å²) in [6.07, 6.45) is 11.2. The maximum Gasteiger partial charge on any atom is -0.00205 e. The fraction of sp³-hybridized carbons (Fsp3) is 1.00. The Bertz CT molecular complexity index is 151. The van der Waals surface area contributed by atoms with E-state index >= 15 is 0 Å². The van der Waals surface area contributed by atoms with Gasteiger partial charge in [0.1, 0.15) is 0 Å². The number of hydrogen-bond donors (Lipinski definition) is 1. The molecule has 1 rings (SSSR count). The van der Waals surface area contributed by atoms with Crippen LogP contribution in [0.15, 0.2) is 0 Å². The van der Waals surface area contributed by atoms with Gasteiger partial charge in [0.15, 0.2) is 0 Å². The van der Waals surface area contributed by atoms with Crippen molar-refractivity contribution in [3.8, 4) is 0 Å². The summed E-state index contributed by atoms with van der Waals surface area (Å²) in [5, 5.41) is 0. The Labute approximate surface area is 99.6 Å². The van der Waals surface area contributed by atoms with Gasteiger partial charge in [0.05, 0.1) is 0 Å². The molecule has 0 radical (unpaired) electrons. The lowest BCUT2D eigenvalue weighted by Gasteiger charge is -2.31. The van der Waals surface area contributed by atoms with Crippen LogP contribution in [0.3, 0.4) is 0 Å². The molecule has 0 aromatic rings. The van der Waals surface area contributed by atoms with E-state index in [1.807, 2.05) is 0 Å². The van der Waals surface area contributed by atoms with E-state index in [0.717, 1.165) is 6.54 Å². The predicted octanol–water partition coefficient (Wildman–Crippen LogP) is 3.82. The van der Waals surface area contributed by atoms with Gasteiger partial charge in [-0.25, -0.2) is 0 Å². The van der Waals surface area contributed by atoms with Gasteiger partial charge >= 0.3 is 0 Å². The maximum atomic E-state index is 6.02. The summed E-state index contributed by atoms with van der Waals surface area (Å²) in [7, 11) is 0. The standard InChI is InChI=1S/C13H27NS/c1-2-15-11-7-10-13(12-14)8-5-3-4-6-9-13/h2-12,14H2,1H3. The lowest BCUT2D eigenvalue weighted by atomic mass is 9.77. The van der Waals surface area contributed by atoms with Crippen molar-refractivity contribution in [2.24, 2.45) is 11.1 Å². The minimum Gasteiger partial charge on any atom is -0.330 e. The number of nitrogens with two attached hydrogens (primary N) is 1. The molecular formula is C13H27NS. The van der Waals surface area contributed by atoms with E-state index < -0.39 is 0 Å². The second-order valence-electron chi connectivity index (χ2n) is 4.92. The molecule has 0 aliphatic heterocycles. The summed E-state index contributed by atoms with van der Waals surface area (Å²) in [5.74, 6) is 2.59. The summed E-state index contributed by atoms with van der Waals surface area (Å²) < 4.78 is 0. The molecule has 1 saturated carbocycles. The van der Waals surface area contributed by atoms with E-state index in [1.54, 1.807) is 0 Å². The largest absolute Gasteiger partial charge is 0.330 e. The van der Waals surface area contributed by atoms with Crippen LogP contribution < -0.4 is 5.73 Å². The molecule has 0 aromatic heterocycles. The molecule has 15 heavy (non-hydrogen) atoms. The van der Waals surface area contributed by atoms with Gasteiger partial charge in [-0.05, 0) is 49.1 Å². The second kappa shape index (κ2) is 7.56.